The average Bonchev–Trinajstić information content (AvgIpc) is 2.48. The van der Waals surface area contributed by atoms with E-state index in [0.29, 0.717) is 0 Å². The molecular formula is C9H12N4. The Kier molecular flexibility index (Phi) is 1.98. The van der Waals surface area contributed by atoms with E-state index in [1.165, 1.54) is 0 Å². The summed E-state index contributed by atoms with van der Waals surface area (Å²) in [6.45, 7) is 1.99. The molecular weight excluding hydrogens is 164 g/mol. The first-order valence-electron chi connectivity index (χ1n) is 4.29. The summed E-state index contributed by atoms with van der Waals surface area (Å²) in [5.41, 5.74) is 7.91. The number of hydrogen-bond donors (Lipinski definition) is 1. The quantitative estimate of drug-likeness (QED) is 0.729. The van der Waals surface area contributed by atoms with Crippen LogP contribution in [0.2, 0.25) is 0 Å². The monoisotopic (exact) mass is 176 g/mol. The molecule has 0 bridgehead atoms. The molecule has 1 unspecified atom stereocenters. The second kappa shape index (κ2) is 3.14. The Balaban J connectivity index is 2.46. The zero-order valence-corrected chi connectivity index (χ0v) is 7.51. The van der Waals surface area contributed by atoms with Crippen LogP contribution in [0.25, 0.3) is 5.52 Å². The standard InChI is InChI=1S/C9H12N4/c1-7(10)4-8-5-12-13-3-2-11-6-9(8)13/h2-3,5-7H,4,10H2,1H3. The van der Waals surface area contributed by atoms with Crippen molar-refractivity contribution in [2.24, 2.45) is 5.73 Å². The minimum atomic E-state index is 0.160. The molecule has 2 aromatic rings. The second-order valence-electron chi connectivity index (χ2n) is 3.26. The van der Waals surface area contributed by atoms with Gasteiger partial charge in [-0.3, -0.25) is 4.98 Å². The predicted octanol–water partition coefficient (Wildman–Crippen LogP) is 0.619. The summed E-state index contributed by atoms with van der Waals surface area (Å²) in [4.78, 5) is 4.05. The summed E-state index contributed by atoms with van der Waals surface area (Å²) in [6, 6.07) is 0.160. The van der Waals surface area contributed by atoms with E-state index in [9.17, 15) is 0 Å². The predicted molar refractivity (Wildman–Crippen MR) is 50.3 cm³/mol. The first kappa shape index (κ1) is 8.19. The fourth-order valence-corrected chi connectivity index (χ4v) is 1.39. The van der Waals surface area contributed by atoms with Gasteiger partial charge in [0.15, 0.2) is 0 Å². The molecule has 4 heteroatoms. The molecule has 0 aromatic carbocycles. The van der Waals surface area contributed by atoms with Crippen molar-refractivity contribution in [2.75, 3.05) is 0 Å². The van der Waals surface area contributed by atoms with E-state index in [1.807, 2.05) is 30.0 Å². The van der Waals surface area contributed by atoms with Crippen molar-refractivity contribution in [3.63, 3.8) is 0 Å². The maximum absolute atomic E-state index is 5.72. The minimum absolute atomic E-state index is 0.160. The van der Waals surface area contributed by atoms with Crippen molar-refractivity contribution in [1.82, 2.24) is 14.6 Å². The zero-order valence-electron chi connectivity index (χ0n) is 7.51. The molecule has 1 atom stereocenters. The summed E-state index contributed by atoms with van der Waals surface area (Å²) in [7, 11) is 0. The number of aromatic nitrogens is 3. The summed E-state index contributed by atoms with van der Waals surface area (Å²) in [6.07, 6.45) is 8.05. The van der Waals surface area contributed by atoms with Gasteiger partial charge in [-0.1, -0.05) is 0 Å². The van der Waals surface area contributed by atoms with Gasteiger partial charge in [-0.15, -0.1) is 0 Å². The van der Waals surface area contributed by atoms with Crippen LogP contribution < -0.4 is 5.73 Å². The van der Waals surface area contributed by atoms with Crippen LogP contribution in [0.4, 0.5) is 0 Å². The van der Waals surface area contributed by atoms with Crippen molar-refractivity contribution in [2.45, 2.75) is 19.4 Å². The molecule has 2 rings (SSSR count). The summed E-state index contributed by atoms with van der Waals surface area (Å²) in [5, 5.41) is 4.19. The Morgan fingerprint density at radius 1 is 1.54 bits per heavy atom. The molecule has 0 aliphatic heterocycles. The third kappa shape index (κ3) is 1.53. The largest absolute Gasteiger partial charge is 0.328 e. The van der Waals surface area contributed by atoms with E-state index >= 15 is 0 Å². The molecule has 0 amide bonds. The number of fused-ring (bicyclic) bond motifs is 1. The normalized spacial score (nSPS) is 13.4. The number of nitrogens with zero attached hydrogens (tertiary/aromatic N) is 3. The van der Waals surface area contributed by atoms with Crippen LogP contribution in [0.15, 0.2) is 24.8 Å². The van der Waals surface area contributed by atoms with E-state index in [2.05, 4.69) is 10.1 Å². The number of nitrogens with two attached hydrogens (primary N) is 1. The molecule has 0 saturated carbocycles. The van der Waals surface area contributed by atoms with Crippen molar-refractivity contribution in [3.05, 3.63) is 30.4 Å². The van der Waals surface area contributed by atoms with E-state index in [1.54, 1.807) is 6.20 Å². The summed E-state index contributed by atoms with van der Waals surface area (Å²) < 4.78 is 1.81. The Bertz CT molecular complexity index is 405. The molecule has 2 heterocycles. The fraction of sp³-hybridized carbons (Fsp3) is 0.333. The maximum Gasteiger partial charge on any atom is 0.0877 e. The maximum atomic E-state index is 5.72. The van der Waals surface area contributed by atoms with Crippen molar-refractivity contribution < 1.29 is 0 Å². The van der Waals surface area contributed by atoms with Crippen LogP contribution >= 0.6 is 0 Å². The topological polar surface area (TPSA) is 56.2 Å². The summed E-state index contributed by atoms with van der Waals surface area (Å²) in [5.74, 6) is 0. The lowest BCUT2D eigenvalue weighted by molar-refractivity contribution is 0.741. The Morgan fingerprint density at radius 2 is 2.38 bits per heavy atom. The van der Waals surface area contributed by atoms with E-state index in [-0.39, 0.29) is 6.04 Å². The zero-order chi connectivity index (χ0) is 9.26. The van der Waals surface area contributed by atoms with Crippen molar-refractivity contribution in [1.29, 1.82) is 0 Å². The van der Waals surface area contributed by atoms with Crippen LogP contribution in [0.1, 0.15) is 12.5 Å². The Morgan fingerprint density at radius 3 is 3.15 bits per heavy atom. The van der Waals surface area contributed by atoms with E-state index in [0.717, 1.165) is 17.5 Å². The van der Waals surface area contributed by atoms with Gasteiger partial charge in [0.25, 0.3) is 0 Å². The van der Waals surface area contributed by atoms with Gasteiger partial charge >= 0.3 is 0 Å². The molecule has 0 aliphatic carbocycles. The first-order chi connectivity index (χ1) is 6.27. The SMILES string of the molecule is CC(N)Cc1cnn2ccncc12. The molecule has 0 aliphatic rings. The third-order valence-corrected chi connectivity index (χ3v) is 1.95. The molecule has 13 heavy (non-hydrogen) atoms. The molecule has 68 valence electrons. The van der Waals surface area contributed by atoms with Gasteiger partial charge in [0.2, 0.25) is 0 Å². The van der Waals surface area contributed by atoms with Crippen LogP contribution in [-0.2, 0) is 6.42 Å². The van der Waals surface area contributed by atoms with Crippen LogP contribution in [0.3, 0.4) is 0 Å². The fourth-order valence-electron chi connectivity index (χ4n) is 1.39. The third-order valence-electron chi connectivity index (χ3n) is 1.95. The lowest BCUT2D eigenvalue weighted by Crippen LogP contribution is -2.17. The lowest BCUT2D eigenvalue weighted by Gasteiger charge is -2.01. The number of rotatable bonds is 2. The van der Waals surface area contributed by atoms with Gasteiger partial charge in [0.05, 0.1) is 17.9 Å². The molecule has 4 nitrogen and oxygen atoms in total. The van der Waals surface area contributed by atoms with Gasteiger partial charge in [-0.05, 0) is 13.3 Å². The summed E-state index contributed by atoms with van der Waals surface area (Å²) >= 11 is 0. The molecule has 0 saturated heterocycles. The van der Waals surface area contributed by atoms with Gasteiger partial charge in [0.1, 0.15) is 0 Å². The van der Waals surface area contributed by atoms with Crippen LogP contribution in [0.5, 0.6) is 0 Å². The van der Waals surface area contributed by atoms with E-state index in [4.69, 9.17) is 5.73 Å². The smallest absolute Gasteiger partial charge is 0.0877 e. The van der Waals surface area contributed by atoms with Crippen LogP contribution in [0, 0.1) is 0 Å². The van der Waals surface area contributed by atoms with Crippen molar-refractivity contribution >= 4 is 5.52 Å². The van der Waals surface area contributed by atoms with Gasteiger partial charge in [-0.2, -0.15) is 5.10 Å². The highest BCUT2D eigenvalue weighted by Gasteiger charge is 2.04. The lowest BCUT2D eigenvalue weighted by atomic mass is 10.1. The Labute approximate surface area is 76.4 Å². The van der Waals surface area contributed by atoms with Gasteiger partial charge < -0.3 is 5.73 Å². The average molecular weight is 176 g/mol. The first-order valence-corrected chi connectivity index (χ1v) is 4.29. The Hall–Kier alpha value is -1.42. The molecule has 0 spiro atoms. The number of hydrogen-bond acceptors (Lipinski definition) is 3. The highest BCUT2D eigenvalue weighted by molar-refractivity contribution is 5.51. The molecule has 0 fully saturated rings. The second-order valence-corrected chi connectivity index (χ2v) is 3.26. The van der Waals surface area contributed by atoms with E-state index < -0.39 is 0 Å². The van der Waals surface area contributed by atoms with Crippen LogP contribution in [-0.4, -0.2) is 20.6 Å². The molecule has 0 radical (unpaired) electrons. The minimum Gasteiger partial charge on any atom is -0.328 e. The van der Waals surface area contributed by atoms with Crippen molar-refractivity contribution in [3.8, 4) is 0 Å². The molecule has 2 N–H and O–H groups in total. The molecule has 2 aromatic heterocycles. The highest BCUT2D eigenvalue weighted by atomic mass is 15.2. The highest BCUT2D eigenvalue weighted by Crippen LogP contribution is 2.09. The van der Waals surface area contributed by atoms with Gasteiger partial charge in [-0.25, -0.2) is 4.52 Å². The van der Waals surface area contributed by atoms with Gasteiger partial charge in [0, 0.05) is 24.0 Å².